The van der Waals surface area contributed by atoms with Crippen molar-refractivity contribution in [3.05, 3.63) is 29.8 Å². The molecule has 0 amide bonds. The molecule has 0 aliphatic carbocycles. The third kappa shape index (κ3) is 3.71. The lowest BCUT2D eigenvalue weighted by molar-refractivity contribution is -0.315. The van der Waals surface area contributed by atoms with Gasteiger partial charge in [0.25, 0.3) is 0 Å². The topological polar surface area (TPSA) is 29.5 Å². The van der Waals surface area contributed by atoms with Crippen molar-refractivity contribution >= 4 is 0 Å². The zero-order chi connectivity index (χ0) is 15.8. The van der Waals surface area contributed by atoms with E-state index < -0.39 is 35.9 Å². The molecule has 0 saturated heterocycles. The Morgan fingerprint density at radius 3 is 1.95 bits per heavy atom. The van der Waals surface area contributed by atoms with E-state index in [1.165, 1.54) is 0 Å². The Bertz CT molecular complexity index is 465. The van der Waals surface area contributed by atoms with Crippen molar-refractivity contribution in [1.29, 1.82) is 0 Å². The molecule has 1 atom stereocenters. The zero-order valence-corrected chi connectivity index (χ0v) is 9.27. The summed E-state index contributed by atoms with van der Waals surface area (Å²) in [7, 11) is 0. The second-order valence-corrected chi connectivity index (χ2v) is 3.64. The van der Waals surface area contributed by atoms with Gasteiger partial charge in [-0.25, -0.2) is 0 Å². The molecule has 0 spiro atoms. The highest BCUT2D eigenvalue weighted by Crippen LogP contribution is 2.44. The summed E-state index contributed by atoms with van der Waals surface area (Å²) >= 11 is 0. The first kappa shape index (κ1) is 16.5. The molecular weight excluding hydrogens is 304 g/mol. The van der Waals surface area contributed by atoms with Crippen LogP contribution in [0.15, 0.2) is 24.3 Å². The van der Waals surface area contributed by atoms with Gasteiger partial charge in [0, 0.05) is 0 Å². The number of aliphatic hydroxyl groups excluding tert-OH is 1. The molecular formula is C10H6F8O2. The smallest absolute Gasteiger partial charge is 0.406 e. The van der Waals surface area contributed by atoms with Crippen LogP contribution in [0, 0.1) is 0 Å². The van der Waals surface area contributed by atoms with Crippen molar-refractivity contribution in [2.45, 2.75) is 24.6 Å². The van der Waals surface area contributed by atoms with Crippen LogP contribution >= 0.6 is 0 Å². The Morgan fingerprint density at radius 2 is 1.50 bits per heavy atom. The lowest BCUT2D eigenvalue weighted by Gasteiger charge is -2.25. The van der Waals surface area contributed by atoms with E-state index in [0.717, 1.165) is 6.07 Å². The summed E-state index contributed by atoms with van der Waals surface area (Å²) in [6.07, 6.45) is -14.5. The molecule has 1 N–H and O–H groups in total. The zero-order valence-electron chi connectivity index (χ0n) is 9.27. The van der Waals surface area contributed by atoms with Crippen LogP contribution in [-0.4, -0.2) is 23.6 Å². The minimum atomic E-state index is -6.05. The molecule has 1 rings (SSSR count). The third-order valence-electron chi connectivity index (χ3n) is 2.13. The first-order chi connectivity index (χ1) is 8.84. The second kappa shape index (κ2) is 5.08. The van der Waals surface area contributed by atoms with E-state index in [4.69, 9.17) is 5.11 Å². The van der Waals surface area contributed by atoms with Gasteiger partial charge in [0.1, 0.15) is 5.75 Å². The van der Waals surface area contributed by atoms with Crippen molar-refractivity contribution in [1.82, 2.24) is 0 Å². The van der Waals surface area contributed by atoms with E-state index in [0.29, 0.717) is 12.1 Å². The molecule has 0 fully saturated rings. The lowest BCUT2D eigenvalue weighted by atomic mass is 10.0. The second-order valence-electron chi connectivity index (χ2n) is 3.64. The number of aliphatic hydroxyl groups is 1. The molecule has 114 valence electrons. The first-order valence-corrected chi connectivity index (χ1v) is 4.83. The fourth-order valence-electron chi connectivity index (χ4n) is 1.25. The van der Waals surface area contributed by atoms with E-state index in [2.05, 4.69) is 4.74 Å². The van der Waals surface area contributed by atoms with E-state index in [1.54, 1.807) is 0 Å². The van der Waals surface area contributed by atoms with Crippen LogP contribution in [0.5, 0.6) is 5.75 Å². The van der Waals surface area contributed by atoms with Crippen molar-refractivity contribution in [2.24, 2.45) is 0 Å². The van der Waals surface area contributed by atoms with E-state index in [9.17, 15) is 35.1 Å². The predicted molar refractivity (Wildman–Crippen MR) is 49.1 cm³/mol. The summed E-state index contributed by atoms with van der Waals surface area (Å²) < 4.78 is 101. The van der Waals surface area contributed by atoms with Gasteiger partial charge >= 0.3 is 18.5 Å². The van der Waals surface area contributed by atoms with Crippen LogP contribution in [0.2, 0.25) is 0 Å². The summed E-state index contributed by atoms with van der Waals surface area (Å²) in [5.74, 6) is -6.53. The molecule has 1 aromatic rings. The Balaban J connectivity index is 3.06. The highest BCUT2D eigenvalue weighted by atomic mass is 19.4. The van der Waals surface area contributed by atoms with Gasteiger partial charge in [0.15, 0.2) is 6.10 Å². The normalized spacial score (nSPS) is 15.1. The molecule has 0 bridgehead atoms. The van der Waals surface area contributed by atoms with Crippen LogP contribution in [0.1, 0.15) is 11.7 Å². The van der Waals surface area contributed by atoms with Gasteiger partial charge in [-0.3, -0.25) is 0 Å². The molecule has 1 unspecified atom stereocenters. The van der Waals surface area contributed by atoms with Crippen molar-refractivity contribution in [3.63, 3.8) is 0 Å². The maximum atomic E-state index is 12.8. The van der Waals surface area contributed by atoms with E-state index in [-0.39, 0.29) is 6.07 Å². The van der Waals surface area contributed by atoms with Gasteiger partial charge in [0.2, 0.25) is 0 Å². The van der Waals surface area contributed by atoms with Crippen molar-refractivity contribution < 1.29 is 45.0 Å². The fourth-order valence-corrected chi connectivity index (χ4v) is 1.25. The summed E-state index contributed by atoms with van der Waals surface area (Å²) in [4.78, 5) is 0. The number of halogens is 8. The Kier molecular flexibility index (Phi) is 4.18. The lowest BCUT2D eigenvalue weighted by Crippen LogP contribution is -2.42. The largest absolute Gasteiger partial charge is 0.573 e. The van der Waals surface area contributed by atoms with E-state index >= 15 is 0 Å². The van der Waals surface area contributed by atoms with Crippen molar-refractivity contribution in [3.8, 4) is 5.75 Å². The van der Waals surface area contributed by atoms with Crippen LogP contribution in [0.4, 0.5) is 35.1 Å². The molecule has 0 aromatic heterocycles. The molecule has 0 aliphatic heterocycles. The maximum Gasteiger partial charge on any atom is 0.573 e. The monoisotopic (exact) mass is 310 g/mol. The molecule has 0 aliphatic rings. The summed E-state index contributed by atoms with van der Waals surface area (Å²) in [6.45, 7) is 0. The van der Waals surface area contributed by atoms with Crippen LogP contribution < -0.4 is 4.74 Å². The number of rotatable bonds is 3. The average Bonchev–Trinajstić information content (AvgIpc) is 2.24. The van der Waals surface area contributed by atoms with Crippen LogP contribution in [0.25, 0.3) is 0 Å². The molecule has 0 saturated carbocycles. The number of alkyl halides is 8. The Morgan fingerprint density at radius 1 is 0.950 bits per heavy atom. The Labute approximate surface area is 106 Å². The molecule has 0 heterocycles. The molecule has 10 heteroatoms. The minimum Gasteiger partial charge on any atom is -0.406 e. The first-order valence-electron chi connectivity index (χ1n) is 4.83. The number of benzene rings is 1. The van der Waals surface area contributed by atoms with Gasteiger partial charge in [0.05, 0.1) is 0 Å². The van der Waals surface area contributed by atoms with Gasteiger partial charge in [-0.15, -0.1) is 13.2 Å². The summed E-state index contributed by atoms with van der Waals surface area (Å²) in [6, 6.07) is 2.30. The molecule has 2 nitrogen and oxygen atoms in total. The average molecular weight is 310 g/mol. The van der Waals surface area contributed by atoms with Gasteiger partial charge in [-0.05, 0) is 17.7 Å². The van der Waals surface area contributed by atoms with Gasteiger partial charge < -0.3 is 9.84 Å². The summed E-state index contributed by atoms with van der Waals surface area (Å²) in [5.41, 5.74) is -1.06. The van der Waals surface area contributed by atoms with Gasteiger partial charge in [-0.2, -0.15) is 22.0 Å². The predicted octanol–water partition coefficient (Wildman–Crippen LogP) is 3.82. The number of hydrogen-bond donors (Lipinski definition) is 1. The fraction of sp³-hybridized carbons (Fsp3) is 0.400. The van der Waals surface area contributed by atoms with Crippen LogP contribution in [0.3, 0.4) is 0 Å². The SMILES string of the molecule is OC(c1cccc(OC(F)(F)F)c1)C(F)(F)C(F)(F)F. The summed E-state index contributed by atoms with van der Waals surface area (Å²) in [5, 5.41) is 9.00. The highest BCUT2D eigenvalue weighted by molar-refractivity contribution is 5.31. The van der Waals surface area contributed by atoms with Crippen LogP contribution in [-0.2, 0) is 0 Å². The minimum absolute atomic E-state index is 0.248. The standard InChI is InChI=1S/C10H6F8O2/c11-8(12,9(13,14)15)7(19)5-2-1-3-6(4-5)20-10(16,17)18/h1-4,7,19H. The molecule has 0 radical (unpaired) electrons. The van der Waals surface area contributed by atoms with Crippen molar-refractivity contribution in [2.75, 3.05) is 0 Å². The Hall–Kier alpha value is -1.58. The third-order valence-corrected chi connectivity index (χ3v) is 2.13. The number of hydrogen-bond acceptors (Lipinski definition) is 2. The number of ether oxygens (including phenoxy) is 1. The van der Waals surface area contributed by atoms with Gasteiger partial charge in [-0.1, -0.05) is 12.1 Å². The quantitative estimate of drug-likeness (QED) is 0.860. The molecule has 1 aromatic carbocycles. The molecule has 20 heavy (non-hydrogen) atoms. The highest BCUT2D eigenvalue weighted by Gasteiger charge is 2.62. The maximum absolute atomic E-state index is 12.8. The van der Waals surface area contributed by atoms with E-state index in [1.807, 2.05) is 0 Å².